The molecule has 92 valence electrons. The van der Waals surface area contributed by atoms with Crippen molar-refractivity contribution in [3.63, 3.8) is 0 Å². The Morgan fingerprint density at radius 2 is 2.06 bits per heavy atom. The zero-order valence-corrected chi connectivity index (χ0v) is 11.4. The molecule has 0 aromatic heterocycles. The molecular formula is C14H19ClN2. The first-order valence-electron chi connectivity index (χ1n) is 5.85. The zero-order valence-electron chi connectivity index (χ0n) is 10.6. The minimum Gasteiger partial charge on any atom is -0.310 e. The van der Waals surface area contributed by atoms with Gasteiger partial charge in [0.1, 0.15) is 0 Å². The van der Waals surface area contributed by atoms with Crippen molar-refractivity contribution in [2.75, 3.05) is 6.54 Å². The lowest BCUT2D eigenvalue weighted by Crippen LogP contribution is -2.24. The molecule has 0 aliphatic heterocycles. The molecule has 3 heteroatoms. The lowest BCUT2D eigenvalue weighted by molar-refractivity contribution is 0.416. The van der Waals surface area contributed by atoms with Crippen LogP contribution in [-0.4, -0.2) is 6.54 Å². The Morgan fingerprint density at radius 1 is 1.41 bits per heavy atom. The predicted octanol–water partition coefficient (Wildman–Crippen LogP) is 3.93. The number of halogens is 1. The van der Waals surface area contributed by atoms with Gasteiger partial charge in [0, 0.05) is 11.1 Å². The van der Waals surface area contributed by atoms with Crippen molar-refractivity contribution in [2.24, 2.45) is 5.41 Å². The summed E-state index contributed by atoms with van der Waals surface area (Å²) < 4.78 is 0. The lowest BCUT2D eigenvalue weighted by Gasteiger charge is -2.19. The maximum absolute atomic E-state index is 8.92. The van der Waals surface area contributed by atoms with Crippen LogP contribution in [0, 0.1) is 16.7 Å². The first-order valence-corrected chi connectivity index (χ1v) is 6.23. The first kappa shape index (κ1) is 14.0. The van der Waals surface area contributed by atoms with Crippen molar-refractivity contribution in [1.29, 1.82) is 5.26 Å². The Kier molecular flexibility index (Phi) is 4.99. The van der Waals surface area contributed by atoms with Gasteiger partial charge in [0.25, 0.3) is 0 Å². The quantitative estimate of drug-likeness (QED) is 0.860. The topological polar surface area (TPSA) is 35.8 Å². The summed E-state index contributed by atoms with van der Waals surface area (Å²) in [6.07, 6.45) is 0.832. The highest BCUT2D eigenvalue weighted by molar-refractivity contribution is 6.31. The van der Waals surface area contributed by atoms with E-state index in [0.717, 1.165) is 23.6 Å². The Morgan fingerprint density at radius 3 is 2.65 bits per heavy atom. The number of nitrogens with zero attached hydrogens (tertiary/aromatic N) is 1. The van der Waals surface area contributed by atoms with E-state index in [4.69, 9.17) is 16.9 Å². The summed E-state index contributed by atoms with van der Waals surface area (Å²) in [5, 5.41) is 13.1. The molecule has 0 radical (unpaired) electrons. The van der Waals surface area contributed by atoms with Crippen LogP contribution < -0.4 is 5.32 Å². The molecule has 0 unspecified atom stereocenters. The standard InChI is InChI=1S/C14H19ClN2/c1-11(12-6-4-5-7-13(12)15)17-9-8-14(2,3)10-16/h4-7,11,17H,8-9H2,1-3H3/t11-/m1/s1. The largest absolute Gasteiger partial charge is 0.310 e. The number of nitrogens with one attached hydrogen (secondary N) is 1. The summed E-state index contributed by atoms with van der Waals surface area (Å²) in [5.74, 6) is 0. The minimum absolute atomic E-state index is 0.207. The van der Waals surface area contributed by atoms with E-state index >= 15 is 0 Å². The smallest absolute Gasteiger partial charge is 0.0684 e. The van der Waals surface area contributed by atoms with Crippen LogP contribution in [0.5, 0.6) is 0 Å². The molecule has 0 saturated carbocycles. The van der Waals surface area contributed by atoms with E-state index in [1.165, 1.54) is 0 Å². The number of benzene rings is 1. The third-order valence-electron chi connectivity index (χ3n) is 2.87. The first-order chi connectivity index (χ1) is 7.96. The van der Waals surface area contributed by atoms with E-state index in [1.54, 1.807) is 0 Å². The molecule has 1 N–H and O–H groups in total. The van der Waals surface area contributed by atoms with Gasteiger partial charge < -0.3 is 5.32 Å². The number of rotatable bonds is 5. The van der Waals surface area contributed by atoms with Gasteiger partial charge in [0.05, 0.1) is 11.5 Å². The number of hydrogen-bond donors (Lipinski definition) is 1. The van der Waals surface area contributed by atoms with Gasteiger partial charge >= 0.3 is 0 Å². The van der Waals surface area contributed by atoms with E-state index in [-0.39, 0.29) is 11.5 Å². The van der Waals surface area contributed by atoms with Gasteiger partial charge in [0.15, 0.2) is 0 Å². The van der Waals surface area contributed by atoms with E-state index in [9.17, 15) is 0 Å². The molecule has 1 rings (SSSR count). The van der Waals surface area contributed by atoms with Crippen molar-refractivity contribution in [1.82, 2.24) is 5.32 Å². The fraction of sp³-hybridized carbons (Fsp3) is 0.500. The average Bonchev–Trinajstić information content (AvgIpc) is 2.29. The van der Waals surface area contributed by atoms with Crippen LogP contribution in [0.1, 0.15) is 38.8 Å². The molecule has 17 heavy (non-hydrogen) atoms. The fourth-order valence-electron chi connectivity index (χ4n) is 1.59. The van der Waals surface area contributed by atoms with Crippen LogP contribution in [0.25, 0.3) is 0 Å². The van der Waals surface area contributed by atoms with Gasteiger partial charge in [-0.3, -0.25) is 0 Å². The zero-order chi connectivity index (χ0) is 12.9. The molecule has 2 nitrogen and oxygen atoms in total. The average molecular weight is 251 g/mol. The molecule has 0 fully saturated rings. The van der Waals surface area contributed by atoms with Crippen LogP contribution >= 0.6 is 11.6 Å². The number of nitriles is 1. The van der Waals surface area contributed by atoms with Crippen LogP contribution in [0.4, 0.5) is 0 Å². The highest BCUT2D eigenvalue weighted by Gasteiger charge is 2.16. The summed E-state index contributed by atoms with van der Waals surface area (Å²) in [6, 6.07) is 10.3. The van der Waals surface area contributed by atoms with Gasteiger partial charge in [-0.15, -0.1) is 0 Å². The van der Waals surface area contributed by atoms with E-state index in [1.807, 2.05) is 38.1 Å². The fourth-order valence-corrected chi connectivity index (χ4v) is 1.89. The second kappa shape index (κ2) is 6.05. The highest BCUT2D eigenvalue weighted by Crippen LogP contribution is 2.23. The van der Waals surface area contributed by atoms with Crippen LogP contribution in [0.15, 0.2) is 24.3 Å². The molecule has 0 aliphatic rings. The molecular weight excluding hydrogens is 232 g/mol. The Hall–Kier alpha value is -1.04. The number of hydrogen-bond acceptors (Lipinski definition) is 2. The predicted molar refractivity (Wildman–Crippen MR) is 71.9 cm³/mol. The van der Waals surface area contributed by atoms with Crippen molar-refractivity contribution in [2.45, 2.75) is 33.2 Å². The van der Waals surface area contributed by atoms with Crippen molar-refractivity contribution in [3.8, 4) is 6.07 Å². The van der Waals surface area contributed by atoms with E-state index < -0.39 is 0 Å². The molecule has 0 saturated heterocycles. The normalized spacial score (nSPS) is 13.1. The summed E-state index contributed by atoms with van der Waals surface area (Å²) in [5.41, 5.74) is 0.830. The molecule has 1 aromatic rings. The molecule has 0 heterocycles. The second-order valence-corrected chi connectivity index (χ2v) is 5.35. The summed E-state index contributed by atoms with van der Waals surface area (Å²) in [6.45, 7) is 6.80. The monoisotopic (exact) mass is 250 g/mol. The SMILES string of the molecule is C[C@@H](NCCC(C)(C)C#N)c1ccccc1Cl. The van der Waals surface area contributed by atoms with Gasteiger partial charge in [-0.1, -0.05) is 29.8 Å². The maximum atomic E-state index is 8.92. The Bertz CT molecular complexity index is 407. The summed E-state index contributed by atoms with van der Waals surface area (Å²) in [7, 11) is 0. The third kappa shape index (κ3) is 4.38. The van der Waals surface area contributed by atoms with Crippen LogP contribution in [0.2, 0.25) is 5.02 Å². The molecule has 0 amide bonds. The van der Waals surface area contributed by atoms with Crippen LogP contribution in [-0.2, 0) is 0 Å². The second-order valence-electron chi connectivity index (χ2n) is 4.94. The van der Waals surface area contributed by atoms with Gasteiger partial charge in [-0.05, 0) is 45.4 Å². The molecule has 1 aromatic carbocycles. The van der Waals surface area contributed by atoms with Crippen molar-refractivity contribution >= 4 is 11.6 Å². The van der Waals surface area contributed by atoms with Crippen molar-refractivity contribution in [3.05, 3.63) is 34.9 Å². The summed E-state index contributed by atoms with van der Waals surface area (Å²) in [4.78, 5) is 0. The van der Waals surface area contributed by atoms with Gasteiger partial charge in [-0.2, -0.15) is 5.26 Å². The Balaban J connectivity index is 2.49. The maximum Gasteiger partial charge on any atom is 0.0684 e. The highest BCUT2D eigenvalue weighted by atomic mass is 35.5. The van der Waals surface area contributed by atoms with Crippen LogP contribution in [0.3, 0.4) is 0 Å². The molecule has 0 spiro atoms. The molecule has 0 aliphatic carbocycles. The minimum atomic E-state index is -0.271. The lowest BCUT2D eigenvalue weighted by atomic mass is 9.91. The van der Waals surface area contributed by atoms with Crippen molar-refractivity contribution < 1.29 is 0 Å². The Labute approximate surface area is 109 Å². The summed E-state index contributed by atoms with van der Waals surface area (Å²) >= 11 is 6.12. The molecule has 1 atom stereocenters. The van der Waals surface area contributed by atoms with E-state index in [0.29, 0.717) is 0 Å². The van der Waals surface area contributed by atoms with Gasteiger partial charge in [-0.25, -0.2) is 0 Å². The third-order valence-corrected chi connectivity index (χ3v) is 3.22. The molecule has 0 bridgehead atoms. The van der Waals surface area contributed by atoms with Gasteiger partial charge in [0.2, 0.25) is 0 Å². The van der Waals surface area contributed by atoms with E-state index in [2.05, 4.69) is 18.3 Å².